The Hall–Kier alpha value is -0.860. The van der Waals surface area contributed by atoms with Crippen LogP contribution in [0.5, 0.6) is 0 Å². The summed E-state index contributed by atoms with van der Waals surface area (Å²) in [5, 5.41) is 3.19. The van der Waals surface area contributed by atoms with Crippen LogP contribution >= 0.6 is 24.0 Å². The number of nitrogens with two attached hydrogens (primary N) is 1. The van der Waals surface area contributed by atoms with E-state index in [0.717, 1.165) is 44.9 Å². The van der Waals surface area contributed by atoms with E-state index in [4.69, 9.17) is 10.5 Å². The fraction of sp³-hybridized carbons (Fsp3) is 0.611. The second-order valence-electron chi connectivity index (χ2n) is 6.18. The average Bonchev–Trinajstić information content (AvgIpc) is 2.59. The van der Waals surface area contributed by atoms with E-state index in [2.05, 4.69) is 34.3 Å². The van der Waals surface area contributed by atoms with Crippen molar-refractivity contribution in [3.05, 3.63) is 29.8 Å². The van der Waals surface area contributed by atoms with Crippen LogP contribution in [0.15, 0.2) is 29.3 Å². The smallest absolute Gasteiger partial charge is 0.193 e. The molecule has 136 valence electrons. The second kappa shape index (κ2) is 11.7. The number of aryl methyl sites for hydroxylation is 1. The topological polar surface area (TPSA) is 62.9 Å². The number of ether oxygens (including phenoxy) is 1. The molecule has 1 aromatic rings. The highest BCUT2D eigenvalue weighted by molar-refractivity contribution is 14.0. The SMILES string of the molecule is CCc1cccc(NC(N)=NCC2CCN(CCOC)CC2)c1.I. The normalized spacial score (nSPS) is 16.7. The Bertz CT molecular complexity index is 502. The third-order valence-corrected chi connectivity index (χ3v) is 4.45. The van der Waals surface area contributed by atoms with Gasteiger partial charge in [0.2, 0.25) is 0 Å². The quantitative estimate of drug-likeness (QED) is 0.384. The molecule has 1 aromatic carbocycles. The van der Waals surface area contributed by atoms with Gasteiger partial charge in [0, 0.05) is 25.9 Å². The molecule has 1 heterocycles. The molecular formula is C18H31IN4O. The van der Waals surface area contributed by atoms with Crippen molar-refractivity contribution in [3.8, 4) is 0 Å². The van der Waals surface area contributed by atoms with Gasteiger partial charge in [0.05, 0.1) is 6.61 Å². The number of anilines is 1. The highest BCUT2D eigenvalue weighted by atomic mass is 127. The van der Waals surface area contributed by atoms with Gasteiger partial charge in [-0.15, -0.1) is 24.0 Å². The molecule has 3 N–H and O–H groups in total. The number of methoxy groups -OCH3 is 1. The summed E-state index contributed by atoms with van der Waals surface area (Å²) in [4.78, 5) is 6.99. The van der Waals surface area contributed by atoms with Crippen LogP contribution in [0, 0.1) is 5.92 Å². The van der Waals surface area contributed by atoms with E-state index >= 15 is 0 Å². The van der Waals surface area contributed by atoms with E-state index in [0.29, 0.717) is 11.9 Å². The van der Waals surface area contributed by atoms with Crippen molar-refractivity contribution in [2.75, 3.05) is 45.2 Å². The van der Waals surface area contributed by atoms with Crippen LogP contribution in [0.25, 0.3) is 0 Å². The number of piperidine rings is 1. The highest BCUT2D eigenvalue weighted by Gasteiger charge is 2.18. The largest absolute Gasteiger partial charge is 0.383 e. The molecule has 1 aliphatic rings. The summed E-state index contributed by atoms with van der Waals surface area (Å²) < 4.78 is 5.14. The van der Waals surface area contributed by atoms with Gasteiger partial charge in [-0.2, -0.15) is 0 Å². The number of hydrogen-bond acceptors (Lipinski definition) is 3. The first-order valence-corrected chi connectivity index (χ1v) is 8.58. The molecule has 1 saturated heterocycles. The molecule has 0 aromatic heterocycles. The standard InChI is InChI=1S/C18H30N4O.HI/c1-3-15-5-4-6-17(13-15)21-18(19)20-14-16-7-9-22(10-8-16)11-12-23-2;/h4-6,13,16H,3,7-12,14H2,1-2H3,(H3,19,20,21);1H. The van der Waals surface area contributed by atoms with Crippen molar-refractivity contribution in [2.24, 2.45) is 16.6 Å². The molecule has 0 unspecified atom stereocenters. The van der Waals surface area contributed by atoms with E-state index in [1.807, 2.05) is 12.1 Å². The predicted molar refractivity (Wildman–Crippen MR) is 112 cm³/mol. The summed E-state index contributed by atoms with van der Waals surface area (Å²) in [5.74, 6) is 1.15. The Morgan fingerprint density at radius 1 is 1.38 bits per heavy atom. The zero-order chi connectivity index (χ0) is 16.5. The van der Waals surface area contributed by atoms with Crippen molar-refractivity contribution in [1.29, 1.82) is 0 Å². The minimum atomic E-state index is 0. The van der Waals surface area contributed by atoms with Crippen molar-refractivity contribution in [1.82, 2.24) is 4.90 Å². The Labute approximate surface area is 163 Å². The Morgan fingerprint density at radius 2 is 2.12 bits per heavy atom. The fourth-order valence-corrected chi connectivity index (χ4v) is 2.90. The number of halogens is 1. The highest BCUT2D eigenvalue weighted by Crippen LogP contribution is 2.17. The van der Waals surface area contributed by atoms with Crippen LogP contribution in [-0.2, 0) is 11.2 Å². The van der Waals surface area contributed by atoms with Crippen molar-refractivity contribution in [2.45, 2.75) is 26.2 Å². The van der Waals surface area contributed by atoms with Crippen molar-refractivity contribution >= 4 is 35.6 Å². The maximum Gasteiger partial charge on any atom is 0.193 e. The van der Waals surface area contributed by atoms with Gasteiger partial charge in [0.1, 0.15) is 0 Å². The van der Waals surface area contributed by atoms with Gasteiger partial charge in [-0.05, 0) is 56.0 Å². The molecule has 0 atom stereocenters. The molecule has 2 rings (SSSR count). The third-order valence-electron chi connectivity index (χ3n) is 4.45. The molecule has 5 nitrogen and oxygen atoms in total. The van der Waals surface area contributed by atoms with Gasteiger partial charge in [-0.3, -0.25) is 4.99 Å². The third kappa shape index (κ3) is 7.36. The second-order valence-corrected chi connectivity index (χ2v) is 6.18. The fourth-order valence-electron chi connectivity index (χ4n) is 2.90. The Morgan fingerprint density at radius 3 is 2.79 bits per heavy atom. The Kier molecular flexibility index (Phi) is 10.3. The molecule has 1 fully saturated rings. The van der Waals surface area contributed by atoms with Crippen molar-refractivity contribution < 1.29 is 4.74 Å². The number of rotatable bonds is 7. The molecule has 24 heavy (non-hydrogen) atoms. The number of hydrogen-bond donors (Lipinski definition) is 2. The maximum atomic E-state index is 6.02. The van der Waals surface area contributed by atoms with Crippen molar-refractivity contribution in [3.63, 3.8) is 0 Å². The van der Waals surface area contributed by atoms with Crippen LogP contribution in [0.1, 0.15) is 25.3 Å². The van der Waals surface area contributed by atoms with E-state index in [9.17, 15) is 0 Å². The molecule has 0 bridgehead atoms. The monoisotopic (exact) mass is 446 g/mol. The Balaban J connectivity index is 0.00000288. The molecule has 0 saturated carbocycles. The molecule has 6 heteroatoms. The van der Waals surface area contributed by atoms with Gasteiger partial charge in [0.25, 0.3) is 0 Å². The summed E-state index contributed by atoms with van der Waals surface area (Å²) in [6.45, 7) is 7.07. The first kappa shape index (κ1) is 21.2. The number of nitrogens with one attached hydrogen (secondary N) is 1. The van der Waals surface area contributed by atoms with Gasteiger partial charge < -0.3 is 20.7 Å². The molecule has 1 aliphatic heterocycles. The molecule has 0 radical (unpaired) electrons. The summed E-state index contributed by atoms with van der Waals surface area (Å²) >= 11 is 0. The minimum Gasteiger partial charge on any atom is -0.383 e. The van der Waals surface area contributed by atoms with E-state index in [-0.39, 0.29) is 24.0 Å². The first-order chi connectivity index (χ1) is 11.2. The number of nitrogens with zero attached hydrogens (tertiary/aromatic N) is 2. The van der Waals surface area contributed by atoms with E-state index in [1.165, 1.54) is 18.4 Å². The lowest BCUT2D eigenvalue weighted by atomic mass is 9.97. The molecule has 0 aliphatic carbocycles. The number of benzene rings is 1. The van der Waals surface area contributed by atoms with Gasteiger partial charge in [-0.1, -0.05) is 19.1 Å². The summed E-state index contributed by atoms with van der Waals surface area (Å²) in [7, 11) is 1.76. The summed E-state index contributed by atoms with van der Waals surface area (Å²) in [6.07, 6.45) is 3.39. The number of aliphatic imine (C=N–C) groups is 1. The van der Waals surface area contributed by atoms with Crippen LogP contribution in [0.4, 0.5) is 5.69 Å². The lowest BCUT2D eigenvalue weighted by Gasteiger charge is -2.30. The van der Waals surface area contributed by atoms with Crippen LogP contribution in [0.3, 0.4) is 0 Å². The van der Waals surface area contributed by atoms with Gasteiger partial charge in [-0.25, -0.2) is 0 Å². The van der Waals surface area contributed by atoms with Crippen LogP contribution in [-0.4, -0.2) is 50.8 Å². The average molecular weight is 446 g/mol. The number of guanidine groups is 1. The zero-order valence-corrected chi connectivity index (χ0v) is 17.2. The van der Waals surface area contributed by atoms with Crippen LogP contribution < -0.4 is 11.1 Å². The first-order valence-electron chi connectivity index (χ1n) is 8.58. The number of likely N-dealkylation sites (tertiary alicyclic amines) is 1. The summed E-state index contributed by atoms with van der Waals surface area (Å²) in [5.41, 5.74) is 8.33. The molecule has 0 amide bonds. The van der Waals surface area contributed by atoms with E-state index < -0.39 is 0 Å². The van der Waals surface area contributed by atoms with Crippen LogP contribution in [0.2, 0.25) is 0 Å². The minimum absolute atomic E-state index is 0. The van der Waals surface area contributed by atoms with Gasteiger partial charge >= 0.3 is 0 Å². The maximum absolute atomic E-state index is 6.02. The molecular weight excluding hydrogens is 415 g/mol. The molecule has 0 spiro atoms. The van der Waals surface area contributed by atoms with Gasteiger partial charge in [0.15, 0.2) is 5.96 Å². The lowest BCUT2D eigenvalue weighted by Crippen LogP contribution is -2.37. The predicted octanol–water partition coefficient (Wildman–Crippen LogP) is 2.95. The zero-order valence-electron chi connectivity index (χ0n) is 14.8. The van der Waals surface area contributed by atoms with E-state index in [1.54, 1.807) is 7.11 Å². The summed E-state index contributed by atoms with van der Waals surface area (Å²) in [6, 6.07) is 8.31. The lowest BCUT2D eigenvalue weighted by molar-refractivity contribution is 0.121.